The van der Waals surface area contributed by atoms with E-state index in [-0.39, 0.29) is 17.3 Å². The Morgan fingerprint density at radius 3 is 2.76 bits per heavy atom. The second kappa shape index (κ2) is 8.73. The molecule has 1 amide bonds. The minimum Gasteiger partial charge on any atom is -0.490 e. The number of aromatic nitrogens is 2. The summed E-state index contributed by atoms with van der Waals surface area (Å²) < 4.78 is 20.4. The number of nitrogens with two attached hydrogens (primary N) is 1. The van der Waals surface area contributed by atoms with Gasteiger partial charge in [0.2, 0.25) is 5.95 Å². The fourth-order valence-corrected chi connectivity index (χ4v) is 4.31. The van der Waals surface area contributed by atoms with Crippen LogP contribution >= 0.6 is 0 Å². The Kier molecular flexibility index (Phi) is 5.89. The molecule has 0 radical (unpaired) electrons. The number of benzene rings is 1. The lowest BCUT2D eigenvalue weighted by Crippen LogP contribution is -2.49. The highest BCUT2D eigenvalue weighted by molar-refractivity contribution is 5.92. The molecule has 0 bridgehead atoms. The van der Waals surface area contributed by atoms with Crippen LogP contribution in [0.3, 0.4) is 0 Å². The van der Waals surface area contributed by atoms with Gasteiger partial charge < -0.3 is 15.8 Å². The van der Waals surface area contributed by atoms with Gasteiger partial charge in [0, 0.05) is 36.1 Å². The third kappa shape index (κ3) is 4.64. The van der Waals surface area contributed by atoms with Gasteiger partial charge in [-0.05, 0) is 50.9 Å². The number of fused-ring (bicyclic) bond motifs is 1. The van der Waals surface area contributed by atoms with Crippen LogP contribution in [0.15, 0.2) is 30.6 Å². The minimum atomic E-state index is -0.599. The van der Waals surface area contributed by atoms with Crippen molar-refractivity contribution in [3.63, 3.8) is 0 Å². The highest BCUT2D eigenvalue weighted by Crippen LogP contribution is 2.32. The average molecular weight is 399 g/mol. The van der Waals surface area contributed by atoms with Crippen LogP contribution < -0.4 is 15.8 Å². The summed E-state index contributed by atoms with van der Waals surface area (Å²) >= 11 is 0. The van der Waals surface area contributed by atoms with E-state index >= 15 is 0 Å². The van der Waals surface area contributed by atoms with Crippen LogP contribution in [0.25, 0.3) is 0 Å². The normalized spacial score (nSPS) is 22.0. The van der Waals surface area contributed by atoms with E-state index in [9.17, 15) is 9.18 Å². The number of amides is 1. The van der Waals surface area contributed by atoms with Gasteiger partial charge in [0.25, 0.3) is 5.91 Å². The van der Waals surface area contributed by atoms with E-state index in [1.54, 1.807) is 12.1 Å². The van der Waals surface area contributed by atoms with Crippen molar-refractivity contribution >= 4 is 17.5 Å². The van der Waals surface area contributed by atoms with Gasteiger partial charge in [-0.25, -0.2) is 14.4 Å². The topological polar surface area (TPSA) is 93.4 Å². The fourth-order valence-electron chi connectivity index (χ4n) is 4.31. The molecule has 2 aromatic rings. The van der Waals surface area contributed by atoms with Crippen LogP contribution in [-0.4, -0.2) is 46.5 Å². The molecule has 0 aliphatic carbocycles. The van der Waals surface area contributed by atoms with Crippen molar-refractivity contribution in [1.29, 1.82) is 0 Å². The lowest BCUT2D eigenvalue weighted by molar-refractivity contribution is 0.0358. The molecule has 3 heterocycles. The number of carbonyl (C=O) groups is 1. The quantitative estimate of drug-likeness (QED) is 0.775. The lowest BCUT2D eigenvalue weighted by atomic mass is 9.84. The molecule has 2 atom stereocenters. The molecule has 4 rings (SSSR count). The maximum Gasteiger partial charge on any atom is 0.251 e. The molecule has 7 nitrogen and oxygen atoms in total. The Morgan fingerprint density at radius 1 is 1.21 bits per heavy atom. The number of rotatable bonds is 6. The molecule has 2 aliphatic heterocycles. The summed E-state index contributed by atoms with van der Waals surface area (Å²) in [4.78, 5) is 21.6. The molecule has 3 N–H and O–H groups in total. The van der Waals surface area contributed by atoms with Crippen molar-refractivity contribution in [3.05, 3.63) is 42.0 Å². The monoisotopic (exact) mass is 399 g/mol. The SMILES string of the molecule is NC(=O)c1cnc(Nc2ccc(OCC3CCCN4CCCCC34)c(F)c2)nc1. The van der Waals surface area contributed by atoms with Crippen LogP contribution in [0, 0.1) is 11.7 Å². The van der Waals surface area contributed by atoms with Gasteiger partial charge in [0.05, 0.1) is 12.2 Å². The van der Waals surface area contributed by atoms with Gasteiger partial charge in [-0.1, -0.05) is 6.42 Å². The van der Waals surface area contributed by atoms with E-state index < -0.39 is 11.7 Å². The second-order valence-corrected chi connectivity index (χ2v) is 7.74. The zero-order chi connectivity index (χ0) is 20.2. The Morgan fingerprint density at radius 2 is 2.00 bits per heavy atom. The number of nitrogens with zero attached hydrogens (tertiary/aromatic N) is 3. The Hall–Kier alpha value is -2.74. The molecule has 1 aromatic carbocycles. The number of hydrogen-bond donors (Lipinski definition) is 2. The highest BCUT2D eigenvalue weighted by Gasteiger charge is 2.33. The molecule has 1 aromatic heterocycles. The molecule has 154 valence electrons. The summed E-state index contributed by atoms with van der Waals surface area (Å²) in [6, 6.07) is 5.27. The van der Waals surface area contributed by atoms with E-state index in [1.165, 1.54) is 57.2 Å². The van der Waals surface area contributed by atoms with Crippen LogP contribution in [-0.2, 0) is 0 Å². The first-order valence-electron chi connectivity index (χ1n) is 10.2. The molecular formula is C21H26FN5O2. The highest BCUT2D eigenvalue weighted by atomic mass is 19.1. The number of piperidine rings is 2. The first-order chi connectivity index (χ1) is 14.1. The van der Waals surface area contributed by atoms with Crippen molar-refractivity contribution in [3.8, 4) is 5.75 Å². The van der Waals surface area contributed by atoms with E-state index in [2.05, 4.69) is 20.2 Å². The summed E-state index contributed by atoms with van der Waals surface area (Å²) in [6.07, 6.45) is 8.74. The first kappa shape index (κ1) is 19.6. The van der Waals surface area contributed by atoms with Crippen molar-refractivity contribution in [1.82, 2.24) is 14.9 Å². The first-order valence-corrected chi connectivity index (χ1v) is 10.2. The van der Waals surface area contributed by atoms with E-state index in [0.717, 1.165) is 6.42 Å². The van der Waals surface area contributed by atoms with Crippen LogP contribution in [0.1, 0.15) is 42.5 Å². The van der Waals surface area contributed by atoms with Crippen molar-refractivity contribution in [2.24, 2.45) is 11.7 Å². The van der Waals surface area contributed by atoms with Crippen molar-refractivity contribution < 1.29 is 13.9 Å². The maximum atomic E-state index is 14.5. The van der Waals surface area contributed by atoms with Gasteiger partial charge in [-0.3, -0.25) is 9.69 Å². The van der Waals surface area contributed by atoms with Gasteiger partial charge in [0.1, 0.15) is 0 Å². The molecule has 2 saturated heterocycles. The predicted octanol–water partition coefficient (Wildman–Crippen LogP) is 3.10. The molecule has 29 heavy (non-hydrogen) atoms. The van der Waals surface area contributed by atoms with Crippen molar-refractivity contribution in [2.45, 2.75) is 38.1 Å². The predicted molar refractivity (Wildman–Crippen MR) is 108 cm³/mol. The second-order valence-electron chi connectivity index (χ2n) is 7.74. The molecule has 2 fully saturated rings. The number of hydrogen-bond acceptors (Lipinski definition) is 6. The van der Waals surface area contributed by atoms with Crippen molar-refractivity contribution in [2.75, 3.05) is 25.0 Å². The zero-order valence-corrected chi connectivity index (χ0v) is 16.3. The molecule has 0 saturated carbocycles. The molecule has 2 unspecified atom stereocenters. The fraction of sp³-hybridized carbons (Fsp3) is 0.476. The number of carbonyl (C=O) groups excluding carboxylic acids is 1. The zero-order valence-electron chi connectivity index (χ0n) is 16.3. The molecule has 0 spiro atoms. The number of halogens is 1. The summed E-state index contributed by atoms with van der Waals surface area (Å²) in [5.74, 6) is -0.0620. The molecule has 2 aliphatic rings. The average Bonchev–Trinajstić information content (AvgIpc) is 2.73. The van der Waals surface area contributed by atoms with Crippen LogP contribution in [0.5, 0.6) is 5.75 Å². The van der Waals surface area contributed by atoms with E-state index in [1.807, 2.05) is 0 Å². The number of ether oxygens (including phenoxy) is 1. The largest absolute Gasteiger partial charge is 0.490 e. The maximum absolute atomic E-state index is 14.5. The Labute approximate surface area is 169 Å². The Bertz CT molecular complexity index is 859. The van der Waals surface area contributed by atoms with Crippen LogP contribution in [0.2, 0.25) is 0 Å². The number of anilines is 2. The summed E-state index contributed by atoms with van der Waals surface area (Å²) in [5, 5.41) is 2.90. The number of nitrogens with one attached hydrogen (secondary N) is 1. The third-order valence-electron chi connectivity index (χ3n) is 5.81. The lowest BCUT2D eigenvalue weighted by Gasteiger charge is -2.44. The van der Waals surface area contributed by atoms with Crippen LogP contribution in [0.4, 0.5) is 16.0 Å². The number of primary amides is 1. The summed E-state index contributed by atoms with van der Waals surface area (Å²) in [7, 11) is 0. The smallest absolute Gasteiger partial charge is 0.251 e. The van der Waals surface area contributed by atoms with Gasteiger partial charge in [-0.2, -0.15) is 0 Å². The van der Waals surface area contributed by atoms with Gasteiger partial charge >= 0.3 is 0 Å². The molecular weight excluding hydrogens is 373 g/mol. The summed E-state index contributed by atoms with van der Waals surface area (Å²) in [5.41, 5.74) is 5.88. The Balaban J connectivity index is 1.36. The van der Waals surface area contributed by atoms with E-state index in [4.69, 9.17) is 10.5 Å². The minimum absolute atomic E-state index is 0.213. The van der Waals surface area contributed by atoms with E-state index in [0.29, 0.717) is 24.3 Å². The standard InChI is InChI=1S/C21H26FN5O2/c22-17-10-16(26-21-24-11-15(12-25-21)20(23)28)6-7-19(17)29-13-14-4-3-9-27-8-2-1-5-18(14)27/h6-7,10-12,14,18H,1-5,8-9,13H2,(H2,23,28)(H,24,25,26). The van der Waals surface area contributed by atoms with Gasteiger partial charge in [-0.15, -0.1) is 0 Å². The summed E-state index contributed by atoms with van der Waals surface area (Å²) in [6.45, 7) is 2.90. The molecule has 8 heteroatoms. The van der Waals surface area contributed by atoms with Gasteiger partial charge in [0.15, 0.2) is 11.6 Å². The third-order valence-corrected chi connectivity index (χ3v) is 5.81.